The van der Waals surface area contributed by atoms with Crippen molar-refractivity contribution in [2.75, 3.05) is 13.2 Å². The van der Waals surface area contributed by atoms with E-state index in [1.807, 2.05) is 13.1 Å². The number of aliphatic imine (C=N–C) groups is 1. The van der Waals surface area contributed by atoms with Crippen molar-refractivity contribution in [3.63, 3.8) is 0 Å². The monoisotopic (exact) mass is 401 g/mol. The molecule has 0 aliphatic rings. The molecule has 0 unspecified atom stereocenters. The van der Waals surface area contributed by atoms with E-state index in [0.717, 1.165) is 11.4 Å². The molecule has 27 heavy (non-hydrogen) atoms. The smallest absolute Gasteiger partial charge is 0.422 e. The standard InChI is InChI=1S/C17H22F3N5OS/c1-3-13-9-23-15(27-13)10-25-16(21-4-2)24-8-12-5-6-22-14(7-12)26-11-17(18,19)20/h5-7,9H,3-4,8,10-11H2,1-2H3,(H2,21,24,25). The van der Waals surface area contributed by atoms with Gasteiger partial charge in [-0.3, -0.25) is 0 Å². The predicted octanol–water partition coefficient (Wildman–Crippen LogP) is 3.30. The van der Waals surface area contributed by atoms with Gasteiger partial charge in [0.2, 0.25) is 5.88 Å². The third-order valence-electron chi connectivity index (χ3n) is 3.30. The average Bonchev–Trinajstić information content (AvgIpc) is 3.10. The number of halogens is 3. The molecule has 0 aliphatic heterocycles. The Balaban J connectivity index is 1.95. The largest absolute Gasteiger partial charge is 0.468 e. The van der Waals surface area contributed by atoms with Crippen LogP contribution in [-0.2, 0) is 19.5 Å². The summed E-state index contributed by atoms with van der Waals surface area (Å²) in [7, 11) is 0. The Morgan fingerprint density at radius 3 is 2.74 bits per heavy atom. The van der Waals surface area contributed by atoms with Gasteiger partial charge in [0.15, 0.2) is 12.6 Å². The molecule has 2 aromatic heterocycles. The van der Waals surface area contributed by atoms with Crippen LogP contribution in [0.1, 0.15) is 29.3 Å². The molecular formula is C17H22F3N5OS. The summed E-state index contributed by atoms with van der Waals surface area (Å²) in [6, 6.07) is 3.13. The highest BCUT2D eigenvalue weighted by atomic mass is 32.1. The van der Waals surface area contributed by atoms with Gasteiger partial charge in [-0.05, 0) is 25.0 Å². The summed E-state index contributed by atoms with van der Waals surface area (Å²) in [5.74, 6) is 0.521. The quantitative estimate of drug-likeness (QED) is 0.525. The van der Waals surface area contributed by atoms with Crippen LogP contribution in [0.2, 0.25) is 0 Å². The van der Waals surface area contributed by atoms with Crippen LogP contribution in [0.4, 0.5) is 13.2 Å². The number of rotatable bonds is 8. The normalized spacial score (nSPS) is 12.1. The van der Waals surface area contributed by atoms with E-state index in [1.54, 1.807) is 17.4 Å². The zero-order valence-corrected chi connectivity index (χ0v) is 16.0. The van der Waals surface area contributed by atoms with E-state index in [1.165, 1.54) is 17.1 Å². The number of thiazole rings is 1. The van der Waals surface area contributed by atoms with E-state index < -0.39 is 12.8 Å². The minimum absolute atomic E-state index is 0.0761. The van der Waals surface area contributed by atoms with E-state index in [0.29, 0.717) is 24.6 Å². The van der Waals surface area contributed by atoms with E-state index in [4.69, 9.17) is 0 Å². The molecule has 0 radical (unpaired) electrons. The summed E-state index contributed by atoms with van der Waals surface area (Å²) in [6.45, 7) is 4.17. The van der Waals surface area contributed by atoms with Gasteiger partial charge in [-0.2, -0.15) is 13.2 Å². The van der Waals surface area contributed by atoms with Crippen LogP contribution < -0.4 is 15.4 Å². The Morgan fingerprint density at radius 1 is 1.26 bits per heavy atom. The lowest BCUT2D eigenvalue weighted by Gasteiger charge is -2.11. The number of aryl methyl sites for hydroxylation is 1. The Kier molecular flexibility index (Phi) is 7.83. The highest BCUT2D eigenvalue weighted by Crippen LogP contribution is 2.18. The zero-order valence-electron chi connectivity index (χ0n) is 15.1. The number of nitrogens with one attached hydrogen (secondary N) is 2. The molecule has 2 rings (SSSR count). The van der Waals surface area contributed by atoms with Gasteiger partial charge >= 0.3 is 6.18 Å². The molecule has 0 amide bonds. The molecule has 0 fully saturated rings. The number of hydrogen-bond acceptors (Lipinski definition) is 5. The molecule has 0 spiro atoms. The number of guanidine groups is 1. The van der Waals surface area contributed by atoms with E-state index >= 15 is 0 Å². The summed E-state index contributed by atoms with van der Waals surface area (Å²) >= 11 is 1.64. The number of ether oxygens (including phenoxy) is 1. The first-order chi connectivity index (χ1) is 12.9. The van der Waals surface area contributed by atoms with Crippen LogP contribution in [0.15, 0.2) is 29.5 Å². The molecule has 0 aromatic carbocycles. The molecule has 2 N–H and O–H groups in total. The lowest BCUT2D eigenvalue weighted by atomic mass is 10.3. The SMILES string of the molecule is CCNC(=NCc1ccnc(OCC(F)(F)F)c1)NCc1ncc(CC)s1. The van der Waals surface area contributed by atoms with E-state index in [2.05, 4.69) is 37.3 Å². The Morgan fingerprint density at radius 2 is 2.07 bits per heavy atom. The molecule has 10 heteroatoms. The van der Waals surface area contributed by atoms with Crippen LogP contribution in [0.3, 0.4) is 0 Å². The minimum atomic E-state index is -4.40. The van der Waals surface area contributed by atoms with Gasteiger partial charge in [-0.25, -0.2) is 15.0 Å². The fourth-order valence-electron chi connectivity index (χ4n) is 2.05. The van der Waals surface area contributed by atoms with Crippen LogP contribution in [0.5, 0.6) is 5.88 Å². The first kappa shape index (κ1) is 20.9. The van der Waals surface area contributed by atoms with Gasteiger partial charge in [0.1, 0.15) is 5.01 Å². The summed E-state index contributed by atoms with van der Waals surface area (Å²) in [6.07, 6.45) is -0.179. The van der Waals surface area contributed by atoms with Crippen molar-refractivity contribution in [2.45, 2.75) is 39.5 Å². The van der Waals surface area contributed by atoms with Gasteiger partial charge in [0.25, 0.3) is 0 Å². The molecule has 2 heterocycles. The second-order valence-corrected chi connectivity index (χ2v) is 6.73. The van der Waals surface area contributed by atoms with Gasteiger partial charge < -0.3 is 15.4 Å². The zero-order chi connectivity index (χ0) is 19.7. The maximum absolute atomic E-state index is 12.2. The summed E-state index contributed by atoms with van der Waals surface area (Å²) in [4.78, 5) is 13.8. The van der Waals surface area contributed by atoms with Crippen molar-refractivity contribution < 1.29 is 17.9 Å². The molecule has 6 nitrogen and oxygen atoms in total. The summed E-state index contributed by atoms with van der Waals surface area (Å²) < 4.78 is 41.4. The Labute approximate surface area is 159 Å². The molecule has 148 valence electrons. The Hall–Kier alpha value is -2.36. The second-order valence-electron chi connectivity index (χ2n) is 5.53. The van der Waals surface area contributed by atoms with Crippen molar-refractivity contribution in [3.05, 3.63) is 40.0 Å². The second kappa shape index (κ2) is 10.1. The topological polar surface area (TPSA) is 71.4 Å². The first-order valence-corrected chi connectivity index (χ1v) is 9.31. The van der Waals surface area contributed by atoms with Gasteiger partial charge in [0.05, 0.1) is 13.1 Å². The lowest BCUT2D eigenvalue weighted by Crippen LogP contribution is -2.36. The average molecular weight is 401 g/mol. The lowest BCUT2D eigenvalue weighted by molar-refractivity contribution is -0.154. The number of aromatic nitrogens is 2. The number of nitrogens with zero attached hydrogens (tertiary/aromatic N) is 3. The van der Waals surface area contributed by atoms with Crippen LogP contribution in [0, 0.1) is 0 Å². The number of hydrogen-bond donors (Lipinski definition) is 2. The molecule has 0 aliphatic carbocycles. The highest BCUT2D eigenvalue weighted by Gasteiger charge is 2.28. The molecule has 0 bridgehead atoms. The highest BCUT2D eigenvalue weighted by molar-refractivity contribution is 7.11. The van der Waals surface area contributed by atoms with Crippen LogP contribution in [0.25, 0.3) is 0 Å². The maximum Gasteiger partial charge on any atom is 0.422 e. The summed E-state index contributed by atoms with van der Waals surface area (Å²) in [5, 5.41) is 7.28. The molecule has 0 saturated carbocycles. The minimum Gasteiger partial charge on any atom is -0.468 e. The predicted molar refractivity (Wildman–Crippen MR) is 98.9 cm³/mol. The van der Waals surface area contributed by atoms with Crippen molar-refractivity contribution in [3.8, 4) is 5.88 Å². The fourth-order valence-corrected chi connectivity index (χ4v) is 2.85. The third-order valence-corrected chi connectivity index (χ3v) is 4.45. The van der Waals surface area contributed by atoms with Crippen molar-refractivity contribution in [1.82, 2.24) is 20.6 Å². The van der Waals surface area contributed by atoms with E-state index in [-0.39, 0.29) is 12.4 Å². The first-order valence-electron chi connectivity index (χ1n) is 8.50. The maximum atomic E-state index is 12.2. The van der Waals surface area contributed by atoms with Gasteiger partial charge in [-0.15, -0.1) is 11.3 Å². The molecule has 2 aromatic rings. The summed E-state index contributed by atoms with van der Waals surface area (Å²) in [5.41, 5.74) is 0.696. The van der Waals surface area contributed by atoms with Gasteiger partial charge in [-0.1, -0.05) is 6.92 Å². The van der Waals surface area contributed by atoms with Gasteiger partial charge in [0, 0.05) is 29.9 Å². The third kappa shape index (κ3) is 7.81. The van der Waals surface area contributed by atoms with Crippen LogP contribution in [-0.4, -0.2) is 35.3 Å². The fraction of sp³-hybridized carbons (Fsp3) is 0.471. The molecule has 0 atom stereocenters. The number of pyridine rings is 1. The van der Waals surface area contributed by atoms with Crippen LogP contribution >= 0.6 is 11.3 Å². The van der Waals surface area contributed by atoms with Crippen molar-refractivity contribution in [1.29, 1.82) is 0 Å². The molecule has 0 saturated heterocycles. The Bertz CT molecular complexity index is 748. The molecular weight excluding hydrogens is 379 g/mol. The van der Waals surface area contributed by atoms with Crippen molar-refractivity contribution >= 4 is 17.3 Å². The van der Waals surface area contributed by atoms with E-state index in [9.17, 15) is 13.2 Å². The number of alkyl halides is 3. The van der Waals surface area contributed by atoms with Crippen molar-refractivity contribution in [2.24, 2.45) is 4.99 Å².